The van der Waals surface area contributed by atoms with Crippen molar-refractivity contribution >= 4 is 0 Å². The van der Waals surface area contributed by atoms with Crippen LogP contribution in [0.4, 0.5) is 0 Å². The fraction of sp³-hybridized carbons (Fsp3) is 0.133. The van der Waals surface area contributed by atoms with Crippen molar-refractivity contribution < 1.29 is 10.2 Å². The lowest BCUT2D eigenvalue weighted by molar-refractivity contribution is 0.0171. The van der Waals surface area contributed by atoms with Crippen LogP contribution in [0.2, 0.25) is 0 Å². The first kappa shape index (κ1) is 12.3. The van der Waals surface area contributed by atoms with Gasteiger partial charge in [-0.25, -0.2) is 0 Å². The third-order valence-corrected chi connectivity index (χ3v) is 2.84. The van der Waals surface area contributed by atoms with Crippen LogP contribution in [0.25, 0.3) is 0 Å². The van der Waals surface area contributed by atoms with Crippen molar-refractivity contribution in [3.8, 4) is 6.07 Å². The average Bonchev–Trinajstić information content (AvgIpc) is 2.46. The summed E-state index contributed by atoms with van der Waals surface area (Å²) in [7, 11) is 0. The van der Waals surface area contributed by atoms with E-state index in [0.29, 0.717) is 16.7 Å². The van der Waals surface area contributed by atoms with Gasteiger partial charge in [-0.15, -0.1) is 0 Å². The van der Waals surface area contributed by atoms with Gasteiger partial charge in [0.2, 0.25) is 0 Å². The molecular formula is C15H13NO2. The standard InChI is InChI=1S/C15H13NO2/c16-10-12-8-4-5-9-13(12)15(18)14(17)11-6-2-1-3-7-11/h1-9,14-15,17-18H. The summed E-state index contributed by atoms with van der Waals surface area (Å²) in [6, 6.07) is 17.6. The number of benzene rings is 2. The van der Waals surface area contributed by atoms with E-state index in [4.69, 9.17) is 5.26 Å². The number of aliphatic hydroxyl groups excluding tert-OH is 2. The minimum absolute atomic E-state index is 0.375. The van der Waals surface area contributed by atoms with Crippen LogP contribution in [0.5, 0.6) is 0 Å². The first-order valence-electron chi connectivity index (χ1n) is 5.64. The van der Waals surface area contributed by atoms with E-state index in [1.807, 2.05) is 12.1 Å². The Morgan fingerprint density at radius 1 is 0.833 bits per heavy atom. The third-order valence-electron chi connectivity index (χ3n) is 2.84. The molecule has 0 aromatic heterocycles. The summed E-state index contributed by atoms with van der Waals surface area (Å²) in [6.45, 7) is 0. The van der Waals surface area contributed by atoms with E-state index in [1.165, 1.54) is 0 Å². The van der Waals surface area contributed by atoms with E-state index >= 15 is 0 Å². The fourth-order valence-electron chi connectivity index (χ4n) is 1.86. The Hall–Kier alpha value is -2.15. The third kappa shape index (κ3) is 2.40. The summed E-state index contributed by atoms with van der Waals surface area (Å²) in [5.74, 6) is 0. The second-order valence-corrected chi connectivity index (χ2v) is 4.00. The number of aliphatic hydroxyl groups is 2. The Labute approximate surface area is 106 Å². The van der Waals surface area contributed by atoms with Gasteiger partial charge >= 0.3 is 0 Å². The van der Waals surface area contributed by atoms with Crippen LogP contribution in [-0.4, -0.2) is 10.2 Å². The first-order valence-corrected chi connectivity index (χ1v) is 5.64. The monoisotopic (exact) mass is 239 g/mol. The highest BCUT2D eigenvalue weighted by atomic mass is 16.3. The van der Waals surface area contributed by atoms with Crippen molar-refractivity contribution in [2.45, 2.75) is 12.2 Å². The van der Waals surface area contributed by atoms with Crippen molar-refractivity contribution in [1.29, 1.82) is 5.26 Å². The molecule has 0 radical (unpaired) electrons. The Morgan fingerprint density at radius 2 is 1.44 bits per heavy atom. The summed E-state index contributed by atoms with van der Waals surface area (Å²) in [4.78, 5) is 0. The smallest absolute Gasteiger partial charge is 0.110 e. The molecule has 0 saturated heterocycles. The average molecular weight is 239 g/mol. The van der Waals surface area contributed by atoms with Crippen LogP contribution in [0, 0.1) is 11.3 Å². The van der Waals surface area contributed by atoms with Gasteiger partial charge < -0.3 is 10.2 Å². The van der Waals surface area contributed by atoms with Crippen LogP contribution in [0.15, 0.2) is 54.6 Å². The number of nitrogens with zero attached hydrogens (tertiary/aromatic N) is 1. The molecule has 2 rings (SSSR count). The van der Waals surface area contributed by atoms with Gasteiger partial charge in [0, 0.05) is 5.56 Å². The van der Waals surface area contributed by atoms with Crippen LogP contribution < -0.4 is 0 Å². The van der Waals surface area contributed by atoms with Gasteiger partial charge in [-0.05, 0) is 11.6 Å². The highest BCUT2D eigenvalue weighted by molar-refractivity contribution is 5.40. The van der Waals surface area contributed by atoms with Crippen LogP contribution in [-0.2, 0) is 0 Å². The van der Waals surface area contributed by atoms with Gasteiger partial charge in [0.25, 0.3) is 0 Å². The molecule has 0 saturated carbocycles. The lowest BCUT2D eigenvalue weighted by atomic mass is 9.95. The predicted octanol–water partition coefficient (Wildman–Crippen LogP) is 2.33. The predicted molar refractivity (Wildman–Crippen MR) is 67.5 cm³/mol. The van der Waals surface area contributed by atoms with Crippen molar-refractivity contribution in [2.75, 3.05) is 0 Å². The van der Waals surface area contributed by atoms with Gasteiger partial charge in [0.1, 0.15) is 12.2 Å². The molecule has 0 aliphatic carbocycles. The van der Waals surface area contributed by atoms with Crippen molar-refractivity contribution in [2.24, 2.45) is 0 Å². The summed E-state index contributed by atoms with van der Waals surface area (Å²) in [6.07, 6.45) is -2.15. The van der Waals surface area contributed by atoms with E-state index in [9.17, 15) is 10.2 Å². The van der Waals surface area contributed by atoms with Crippen molar-refractivity contribution in [1.82, 2.24) is 0 Å². The molecule has 3 nitrogen and oxygen atoms in total. The first-order chi connectivity index (χ1) is 8.74. The number of hydrogen-bond acceptors (Lipinski definition) is 3. The minimum Gasteiger partial charge on any atom is -0.385 e. The molecule has 3 heteroatoms. The van der Waals surface area contributed by atoms with E-state index < -0.39 is 12.2 Å². The molecule has 2 aromatic rings. The molecule has 0 aliphatic heterocycles. The normalized spacial score (nSPS) is 13.6. The zero-order valence-electron chi connectivity index (χ0n) is 9.69. The molecular weight excluding hydrogens is 226 g/mol. The molecule has 0 spiro atoms. The zero-order valence-corrected chi connectivity index (χ0v) is 9.69. The van der Waals surface area contributed by atoms with Crippen molar-refractivity contribution in [3.63, 3.8) is 0 Å². The summed E-state index contributed by atoms with van der Waals surface area (Å²) < 4.78 is 0. The fourth-order valence-corrected chi connectivity index (χ4v) is 1.86. The SMILES string of the molecule is N#Cc1ccccc1C(O)C(O)c1ccccc1. The van der Waals surface area contributed by atoms with Gasteiger partial charge in [0.05, 0.1) is 11.6 Å². The highest BCUT2D eigenvalue weighted by Gasteiger charge is 2.22. The van der Waals surface area contributed by atoms with Gasteiger partial charge in [-0.1, -0.05) is 48.5 Å². The Balaban J connectivity index is 2.32. The highest BCUT2D eigenvalue weighted by Crippen LogP contribution is 2.30. The van der Waals surface area contributed by atoms with E-state index in [2.05, 4.69) is 0 Å². The van der Waals surface area contributed by atoms with Crippen LogP contribution >= 0.6 is 0 Å². The molecule has 2 N–H and O–H groups in total. The molecule has 18 heavy (non-hydrogen) atoms. The topological polar surface area (TPSA) is 64.2 Å². The molecule has 0 bridgehead atoms. The quantitative estimate of drug-likeness (QED) is 0.864. The summed E-state index contributed by atoms with van der Waals surface area (Å²) in [5, 5.41) is 29.2. The van der Waals surface area contributed by atoms with E-state index in [0.717, 1.165) is 0 Å². The van der Waals surface area contributed by atoms with Crippen molar-refractivity contribution in [3.05, 3.63) is 71.3 Å². The molecule has 0 fully saturated rings. The molecule has 2 aromatic carbocycles. The molecule has 0 amide bonds. The largest absolute Gasteiger partial charge is 0.385 e. The van der Waals surface area contributed by atoms with Gasteiger partial charge in [-0.2, -0.15) is 5.26 Å². The lowest BCUT2D eigenvalue weighted by Gasteiger charge is -2.19. The summed E-state index contributed by atoms with van der Waals surface area (Å²) in [5.41, 5.74) is 1.44. The maximum absolute atomic E-state index is 10.2. The molecule has 0 heterocycles. The Bertz CT molecular complexity index is 560. The zero-order chi connectivity index (χ0) is 13.0. The second kappa shape index (κ2) is 5.46. The number of hydrogen-bond donors (Lipinski definition) is 2. The molecule has 2 atom stereocenters. The van der Waals surface area contributed by atoms with Crippen LogP contribution in [0.1, 0.15) is 28.9 Å². The number of rotatable bonds is 3. The molecule has 0 aliphatic rings. The molecule has 90 valence electrons. The van der Waals surface area contributed by atoms with Crippen LogP contribution in [0.3, 0.4) is 0 Å². The summed E-state index contributed by atoms with van der Waals surface area (Å²) >= 11 is 0. The second-order valence-electron chi connectivity index (χ2n) is 4.00. The van der Waals surface area contributed by atoms with E-state index in [1.54, 1.807) is 48.5 Å². The minimum atomic E-state index is -1.11. The molecule has 2 unspecified atom stereocenters. The Morgan fingerprint density at radius 3 is 2.11 bits per heavy atom. The van der Waals surface area contributed by atoms with Gasteiger partial charge in [0.15, 0.2) is 0 Å². The maximum Gasteiger partial charge on any atom is 0.110 e. The lowest BCUT2D eigenvalue weighted by Crippen LogP contribution is -2.11. The van der Waals surface area contributed by atoms with E-state index in [-0.39, 0.29) is 0 Å². The van der Waals surface area contributed by atoms with Gasteiger partial charge in [-0.3, -0.25) is 0 Å². The number of nitriles is 1. The Kier molecular flexibility index (Phi) is 3.73. The maximum atomic E-state index is 10.2.